The zero-order valence-electron chi connectivity index (χ0n) is 18.3. The number of thiazole rings is 1. The zero-order valence-corrected chi connectivity index (χ0v) is 20.7. The summed E-state index contributed by atoms with van der Waals surface area (Å²) in [4.78, 5) is 20.7. The number of ether oxygens (including phenoxy) is 1. The first-order valence-electron chi connectivity index (χ1n) is 10.5. The molecule has 0 saturated carbocycles. The molecule has 0 aliphatic carbocycles. The minimum atomic E-state index is -3.72. The monoisotopic (exact) mass is 494 g/mol. The molecule has 32 heavy (non-hydrogen) atoms. The van der Waals surface area contributed by atoms with E-state index >= 15 is 0 Å². The number of carbonyl (C=O) groups is 1. The highest BCUT2D eigenvalue weighted by molar-refractivity contribution is 7.89. The van der Waals surface area contributed by atoms with Gasteiger partial charge in [0, 0.05) is 32.9 Å². The summed E-state index contributed by atoms with van der Waals surface area (Å²) < 4.78 is 34.6. The van der Waals surface area contributed by atoms with Crippen LogP contribution in [0.1, 0.15) is 35.9 Å². The summed E-state index contributed by atoms with van der Waals surface area (Å²) in [5, 5.41) is 3.72. The minimum absolute atomic E-state index is 0.0866. The highest BCUT2D eigenvalue weighted by Crippen LogP contribution is 2.35. The number of amides is 1. The quantitative estimate of drug-likeness (QED) is 0.528. The number of hydrogen-bond donors (Lipinski definition) is 1. The third kappa shape index (κ3) is 4.61. The summed E-state index contributed by atoms with van der Waals surface area (Å²) in [6, 6.07) is 6.58. The number of piperidine rings is 1. The fourth-order valence-corrected chi connectivity index (χ4v) is 7.23. The Kier molecular flexibility index (Phi) is 6.70. The Morgan fingerprint density at radius 2 is 1.94 bits per heavy atom. The number of nitrogens with one attached hydrogen (secondary N) is 1. The van der Waals surface area contributed by atoms with Crippen molar-refractivity contribution in [3.63, 3.8) is 0 Å². The van der Waals surface area contributed by atoms with E-state index in [9.17, 15) is 13.2 Å². The first-order valence-corrected chi connectivity index (χ1v) is 13.5. The zero-order chi connectivity index (χ0) is 22.9. The van der Waals surface area contributed by atoms with Crippen LogP contribution in [0.2, 0.25) is 0 Å². The van der Waals surface area contributed by atoms with Gasteiger partial charge in [0.15, 0.2) is 5.13 Å². The highest BCUT2D eigenvalue weighted by Gasteiger charge is 2.29. The first kappa shape index (κ1) is 23.0. The van der Waals surface area contributed by atoms with Crippen molar-refractivity contribution in [2.45, 2.75) is 31.1 Å². The molecule has 0 radical (unpaired) electrons. The molecule has 1 aromatic carbocycles. The van der Waals surface area contributed by atoms with Crippen LogP contribution in [0.15, 0.2) is 29.2 Å². The lowest BCUT2D eigenvalue weighted by molar-refractivity contribution is 0.103. The molecule has 0 spiro atoms. The number of thiophene rings is 1. The van der Waals surface area contributed by atoms with E-state index in [1.54, 1.807) is 12.1 Å². The molecule has 0 unspecified atom stereocenters. The molecule has 3 heterocycles. The number of nitrogens with zero attached hydrogens (tertiary/aromatic N) is 3. The second-order valence-electron chi connectivity index (χ2n) is 7.68. The van der Waals surface area contributed by atoms with E-state index in [2.05, 4.69) is 10.3 Å². The summed E-state index contributed by atoms with van der Waals surface area (Å²) in [7, 11) is 0.140. The summed E-state index contributed by atoms with van der Waals surface area (Å²) in [6.45, 7) is 3.16. The molecule has 0 bridgehead atoms. The molecule has 3 aromatic rings. The van der Waals surface area contributed by atoms with E-state index in [1.165, 1.54) is 33.0 Å². The standard InChI is InChI=1S/C21H26N4O4S3/c1-4-29-15-9-8-14(12-18(15)32(27,28)25-10-6-5-7-11-25)22-19(26)16-13-17-20(30-16)23-21(31-17)24(2)3/h8-9,12-13H,4-7,10-11H2,1-3H3,(H,22,26). The van der Waals surface area contributed by atoms with Gasteiger partial charge in [-0.05, 0) is 44.0 Å². The van der Waals surface area contributed by atoms with Gasteiger partial charge in [-0.15, -0.1) is 11.3 Å². The van der Waals surface area contributed by atoms with Crippen molar-refractivity contribution in [1.82, 2.24) is 9.29 Å². The van der Waals surface area contributed by atoms with Gasteiger partial charge in [-0.1, -0.05) is 17.8 Å². The molecular weight excluding hydrogens is 468 g/mol. The lowest BCUT2D eigenvalue weighted by Crippen LogP contribution is -2.35. The van der Waals surface area contributed by atoms with Crippen LogP contribution in [-0.4, -0.2) is 57.4 Å². The number of benzene rings is 1. The van der Waals surface area contributed by atoms with Gasteiger partial charge in [-0.3, -0.25) is 4.79 Å². The van der Waals surface area contributed by atoms with Crippen LogP contribution in [0.25, 0.3) is 9.53 Å². The van der Waals surface area contributed by atoms with E-state index in [4.69, 9.17) is 4.74 Å². The van der Waals surface area contributed by atoms with Gasteiger partial charge < -0.3 is 15.0 Å². The predicted molar refractivity (Wildman–Crippen MR) is 130 cm³/mol. The van der Waals surface area contributed by atoms with Crippen molar-refractivity contribution in [1.29, 1.82) is 0 Å². The van der Waals surface area contributed by atoms with Gasteiger partial charge in [0.1, 0.15) is 15.5 Å². The number of rotatable bonds is 7. The Balaban J connectivity index is 1.60. The number of sulfonamides is 1. The van der Waals surface area contributed by atoms with E-state index < -0.39 is 10.0 Å². The SMILES string of the molecule is CCOc1ccc(NC(=O)c2cc3sc(N(C)C)nc3s2)cc1S(=O)(=O)N1CCCCC1. The maximum Gasteiger partial charge on any atom is 0.265 e. The molecule has 1 aliphatic rings. The van der Waals surface area contributed by atoms with E-state index in [-0.39, 0.29) is 10.8 Å². The van der Waals surface area contributed by atoms with Gasteiger partial charge >= 0.3 is 0 Å². The molecule has 1 amide bonds. The van der Waals surface area contributed by atoms with Crippen molar-refractivity contribution in [3.8, 4) is 5.75 Å². The van der Waals surface area contributed by atoms with Crippen LogP contribution >= 0.6 is 22.7 Å². The van der Waals surface area contributed by atoms with Gasteiger partial charge in [0.25, 0.3) is 5.91 Å². The molecule has 0 atom stereocenters. The van der Waals surface area contributed by atoms with Gasteiger partial charge in [-0.2, -0.15) is 4.31 Å². The summed E-state index contributed by atoms with van der Waals surface area (Å²) >= 11 is 2.84. The Bertz CT molecular complexity index is 1200. The largest absolute Gasteiger partial charge is 0.492 e. The van der Waals surface area contributed by atoms with Gasteiger partial charge in [0.05, 0.1) is 16.2 Å². The normalized spacial score (nSPS) is 15.1. The molecule has 8 nitrogen and oxygen atoms in total. The number of hydrogen-bond acceptors (Lipinski definition) is 8. The Labute approximate surface area is 195 Å². The molecule has 1 saturated heterocycles. The second kappa shape index (κ2) is 9.34. The van der Waals surface area contributed by atoms with E-state index in [0.717, 1.165) is 33.9 Å². The van der Waals surface area contributed by atoms with Crippen LogP contribution in [0, 0.1) is 0 Å². The topological polar surface area (TPSA) is 91.8 Å². The van der Waals surface area contributed by atoms with Crippen molar-refractivity contribution < 1.29 is 17.9 Å². The molecule has 4 rings (SSSR count). The van der Waals surface area contributed by atoms with Crippen LogP contribution in [0.3, 0.4) is 0 Å². The Morgan fingerprint density at radius 1 is 1.19 bits per heavy atom. The Hall–Kier alpha value is -2.21. The lowest BCUT2D eigenvalue weighted by atomic mass is 10.2. The average molecular weight is 495 g/mol. The summed E-state index contributed by atoms with van der Waals surface area (Å²) in [5.74, 6) is 0.00482. The lowest BCUT2D eigenvalue weighted by Gasteiger charge is -2.27. The van der Waals surface area contributed by atoms with E-state index in [0.29, 0.717) is 36.0 Å². The number of carbonyl (C=O) groups excluding carboxylic acids is 1. The van der Waals surface area contributed by atoms with Crippen LogP contribution in [-0.2, 0) is 10.0 Å². The molecule has 1 fully saturated rings. The van der Waals surface area contributed by atoms with Crippen LogP contribution in [0.5, 0.6) is 5.75 Å². The molecule has 172 valence electrons. The van der Waals surface area contributed by atoms with Crippen molar-refractivity contribution >= 4 is 59.0 Å². The predicted octanol–water partition coefficient (Wildman–Crippen LogP) is 4.25. The summed E-state index contributed by atoms with van der Waals surface area (Å²) in [5.41, 5.74) is 0.410. The maximum absolute atomic E-state index is 13.3. The molecule has 2 aromatic heterocycles. The number of anilines is 2. The third-order valence-electron chi connectivity index (χ3n) is 5.12. The maximum atomic E-state index is 13.3. The third-order valence-corrected chi connectivity index (χ3v) is 9.37. The van der Waals surface area contributed by atoms with Gasteiger partial charge in [0.2, 0.25) is 10.0 Å². The fourth-order valence-electron chi connectivity index (χ4n) is 3.53. The van der Waals surface area contributed by atoms with Crippen LogP contribution < -0.4 is 15.0 Å². The fraction of sp³-hybridized carbons (Fsp3) is 0.429. The van der Waals surface area contributed by atoms with Crippen molar-refractivity contribution in [3.05, 3.63) is 29.1 Å². The minimum Gasteiger partial charge on any atom is -0.492 e. The second-order valence-corrected chi connectivity index (χ2v) is 11.6. The molecule has 1 N–H and O–H groups in total. The number of fused-ring (bicyclic) bond motifs is 1. The van der Waals surface area contributed by atoms with Crippen molar-refractivity contribution in [2.24, 2.45) is 0 Å². The molecule has 1 aliphatic heterocycles. The smallest absolute Gasteiger partial charge is 0.265 e. The van der Waals surface area contributed by atoms with E-state index in [1.807, 2.05) is 32.0 Å². The van der Waals surface area contributed by atoms with Crippen molar-refractivity contribution in [2.75, 3.05) is 44.0 Å². The summed E-state index contributed by atoms with van der Waals surface area (Å²) in [6.07, 6.45) is 2.72. The number of aromatic nitrogens is 1. The first-order chi connectivity index (χ1) is 15.3. The average Bonchev–Trinajstić information content (AvgIpc) is 3.35. The molecular formula is C21H26N4O4S3. The van der Waals surface area contributed by atoms with Gasteiger partial charge in [-0.25, -0.2) is 13.4 Å². The molecule has 11 heteroatoms. The highest BCUT2D eigenvalue weighted by atomic mass is 32.2. The van der Waals surface area contributed by atoms with Crippen LogP contribution in [0.4, 0.5) is 10.8 Å². The Morgan fingerprint density at radius 3 is 2.59 bits per heavy atom.